The Balaban J connectivity index is 2.14. The molecule has 0 unspecified atom stereocenters. The smallest absolute Gasteiger partial charge is 0.337 e. The molecule has 3 rings (SSSR count). The van der Waals surface area contributed by atoms with E-state index in [1.807, 2.05) is 6.07 Å². The average Bonchev–Trinajstić information content (AvgIpc) is 3.07. The molecule has 1 aromatic carbocycles. The molecule has 2 aromatic heterocycles. The second-order valence-electron chi connectivity index (χ2n) is 5.61. The number of aromatic carboxylic acids is 1. The summed E-state index contributed by atoms with van der Waals surface area (Å²) in [5.74, 6) is -0.614. The quantitative estimate of drug-likeness (QED) is 0.714. The first-order chi connectivity index (χ1) is 12.5. The van der Waals surface area contributed by atoms with Crippen LogP contribution in [0.1, 0.15) is 27.3 Å². The number of thiophene rings is 1. The molecule has 0 radical (unpaired) electrons. The van der Waals surface area contributed by atoms with Crippen molar-refractivity contribution in [3.8, 4) is 6.07 Å². The molecular formula is C18H15N3O4S. The van der Waals surface area contributed by atoms with Crippen molar-refractivity contribution in [1.29, 1.82) is 5.26 Å². The Hall–Kier alpha value is -3.02. The molecular weight excluding hydrogens is 354 g/mol. The Labute approximate surface area is 152 Å². The first-order valence-corrected chi connectivity index (χ1v) is 8.65. The van der Waals surface area contributed by atoms with E-state index in [1.165, 1.54) is 9.95 Å². The van der Waals surface area contributed by atoms with E-state index >= 15 is 0 Å². The molecule has 0 bridgehead atoms. The van der Waals surface area contributed by atoms with E-state index in [0.29, 0.717) is 29.2 Å². The second-order valence-corrected chi connectivity index (χ2v) is 6.46. The number of benzene rings is 1. The third-order valence-corrected chi connectivity index (χ3v) is 4.83. The Bertz CT molecular complexity index is 1060. The minimum atomic E-state index is -1.15. The van der Waals surface area contributed by atoms with Crippen LogP contribution >= 0.6 is 11.3 Å². The van der Waals surface area contributed by atoms with Gasteiger partial charge < -0.3 is 9.84 Å². The van der Waals surface area contributed by atoms with Gasteiger partial charge in [-0.1, -0.05) is 12.1 Å². The Morgan fingerprint density at radius 3 is 2.73 bits per heavy atom. The number of aromatic nitrogens is 2. The van der Waals surface area contributed by atoms with Crippen molar-refractivity contribution < 1.29 is 14.6 Å². The lowest BCUT2D eigenvalue weighted by atomic mass is 10.1. The summed E-state index contributed by atoms with van der Waals surface area (Å²) in [5, 5.41) is 19.8. The summed E-state index contributed by atoms with van der Waals surface area (Å²) in [5.41, 5.74) is 0.928. The van der Waals surface area contributed by atoms with Crippen molar-refractivity contribution in [3.63, 3.8) is 0 Å². The van der Waals surface area contributed by atoms with E-state index in [9.17, 15) is 14.7 Å². The Morgan fingerprint density at radius 1 is 1.38 bits per heavy atom. The number of carboxylic acids is 1. The van der Waals surface area contributed by atoms with Gasteiger partial charge in [-0.15, -0.1) is 11.3 Å². The fourth-order valence-electron chi connectivity index (χ4n) is 2.64. The topological polar surface area (TPSA) is 105 Å². The number of fused-ring (bicyclic) bond motifs is 1. The van der Waals surface area contributed by atoms with Crippen LogP contribution in [0.25, 0.3) is 10.2 Å². The highest BCUT2D eigenvalue weighted by Crippen LogP contribution is 2.22. The van der Waals surface area contributed by atoms with Gasteiger partial charge in [-0.3, -0.25) is 9.36 Å². The normalized spacial score (nSPS) is 10.8. The van der Waals surface area contributed by atoms with Gasteiger partial charge in [-0.2, -0.15) is 5.26 Å². The fourth-order valence-corrected chi connectivity index (χ4v) is 3.56. The number of methoxy groups -OCH3 is 1. The molecule has 0 fully saturated rings. The lowest BCUT2D eigenvalue weighted by molar-refractivity contribution is 0.0699. The number of carboxylic acid groups (broad SMARTS) is 1. The molecule has 0 aliphatic heterocycles. The maximum absolute atomic E-state index is 13.0. The molecule has 0 saturated carbocycles. The van der Waals surface area contributed by atoms with Crippen molar-refractivity contribution in [2.75, 3.05) is 13.7 Å². The number of nitrogens with zero attached hydrogens (tertiary/aromatic N) is 3. The largest absolute Gasteiger partial charge is 0.478 e. The highest BCUT2D eigenvalue weighted by Gasteiger charge is 2.19. The molecule has 132 valence electrons. The summed E-state index contributed by atoms with van der Waals surface area (Å²) in [7, 11) is 1.56. The van der Waals surface area contributed by atoms with Crippen molar-refractivity contribution in [2.45, 2.75) is 13.0 Å². The van der Waals surface area contributed by atoms with Crippen molar-refractivity contribution in [2.24, 2.45) is 0 Å². The standard InChI is InChI=1S/C18H15N3O4S/c1-25-7-6-14-20-16-15(13(10-26-16)18(23)24)17(22)21(14)9-12-4-2-11(8-19)3-5-12/h2-5,10H,6-7,9H2,1H3,(H,23,24). The van der Waals surface area contributed by atoms with Crippen LogP contribution in [-0.2, 0) is 17.7 Å². The van der Waals surface area contributed by atoms with E-state index in [4.69, 9.17) is 10.00 Å². The molecule has 0 spiro atoms. The predicted octanol–water partition coefficient (Wildman–Crippen LogP) is 2.27. The second kappa shape index (κ2) is 7.47. The summed E-state index contributed by atoms with van der Waals surface area (Å²) in [6.45, 7) is 0.629. The lowest BCUT2D eigenvalue weighted by Gasteiger charge is -2.12. The zero-order valence-corrected chi connectivity index (χ0v) is 14.7. The van der Waals surface area contributed by atoms with Gasteiger partial charge in [-0.25, -0.2) is 9.78 Å². The summed E-state index contributed by atoms with van der Waals surface area (Å²) < 4.78 is 6.57. The summed E-state index contributed by atoms with van der Waals surface area (Å²) in [6, 6.07) is 8.93. The minimum Gasteiger partial charge on any atom is -0.478 e. The predicted molar refractivity (Wildman–Crippen MR) is 96.7 cm³/mol. The van der Waals surface area contributed by atoms with Gasteiger partial charge in [0.2, 0.25) is 0 Å². The van der Waals surface area contributed by atoms with Crippen molar-refractivity contribution in [3.05, 3.63) is 62.5 Å². The summed E-state index contributed by atoms with van der Waals surface area (Å²) in [6.07, 6.45) is 0.429. The summed E-state index contributed by atoms with van der Waals surface area (Å²) >= 11 is 1.14. The minimum absolute atomic E-state index is 0.0330. The number of nitriles is 1. The van der Waals surface area contributed by atoms with E-state index in [2.05, 4.69) is 4.98 Å². The van der Waals surface area contributed by atoms with Crippen LogP contribution in [0.4, 0.5) is 0 Å². The molecule has 0 aliphatic carbocycles. The van der Waals surface area contributed by atoms with Crippen LogP contribution < -0.4 is 5.56 Å². The third-order valence-electron chi connectivity index (χ3n) is 3.96. The SMILES string of the molecule is COCCc1nc2scc(C(=O)O)c2c(=O)n1Cc1ccc(C#N)cc1. The zero-order chi connectivity index (χ0) is 18.7. The monoisotopic (exact) mass is 369 g/mol. The molecule has 26 heavy (non-hydrogen) atoms. The van der Waals surface area contributed by atoms with Gasteiger partial charge in [-0.05, 0) is 17.7 Å². The van der Waals surface area contributed by atoms with Crippen LogP contribution in [0.5, 0.6) is 0 Å². The molecule has 2 heterocycles. The molecule has 0 amide bonds. The Kier molecular flexibility index (Phi) is 5.11. The molecule has 0 saturated heterocycles. The third kappa shape index (κ3) is 3.35. The van der Waals surface area contributed by atoms with E-state index in [0.717, 1.165) is 16.9 Å². The lowest BCUT2D eigenvalue weighted by Crippen LogP contribution is -2.27. The van der Waals surface area contributed by atoms with E-state index < -0.39 is 5.97 Å². The molecule has 1 N–H and O–H groups in total. The van der Waals surface area contributed by atoms with Crippen LogP contribution in [0.2, 0.25) is 0 Å². The molecule has 3 aromatic rings. The first-order valence-electron chi connectivity index (χ1n) is 7.77. The van der Waals surface area contributed by atoms with Crippen molar-refractivity contribution in [1.82, 2.24) is 9.55 Å². The van der Waals surface area contributed by atoms with Crippen LogP contribution in [0.15, 0.2) is 34.4 Å². The maximum atomic E-state index is 13.0. The summed E-state index contributed by atoms with van der Waals surface area (Å²) in [4.78, 5) is 29.3. The van der Waals surface area contributed by atoms with Gasteiger partial charge >= 0.3 is 5.97 Å². The number of hydrogen-bond acceptors (Lipinski definition) is 6. The molecule has 0 atom stereocenters. The fraction of sp³-hybridized carbons (Fsp3) is 0.222. The number of ether oxygens (including phenoxy) is 1. The van der Waals surface area contributed by atoms with E-state index in [1.54, 1.807) is 31.4 Å². The molecule has 8 heteroatoms. The number of hydrogen-bond donors (Lipinski definition) is 1. The van der Waals surface area contributed by atoms with Gasteiger partial charge in [0, 0.05) is 18.9 Å². The molecule has 7 nitrogen and oxygen atoms in total. The van der Waals surface area contributed by atoms with Gasteiger partial charge in [0.15, 0.2) is 0 Å². The highest BCUT2D eigenvalue weighted by atomic mass is 32.1. The van der Waals surface area contributed by atoms with Gasteiger partial charge in [0.25, 0.3) is 5.56 Å². The highest BCUT2D eigenvalue weighted by molar-refractivity contribution is 7.17. The number of carbonyl (C=O) groups is 1. The average molecular weight is 369 g/mol. The van der Waals surface area contributed by atoms with Gasteiger partial charge in [0.1, 0.15) is 10.7 Å². The van der Waals surface area contributed by atoms with Crippen LogP contribution in [-0.4, -0.2) is 34.3 Å². The Morgan fingerprint density at radius 2 is 2.12 bits per heavy atom. The first kappa shape index (κ1) is 17.8. The van der Waals surface area contributed by atoms with Crippen LogP contribution in [0, 0.1) is 11.3 Å². The van der Waals surface area contributed by atoms with Gasteiger partial charge in [0.05, 0.1) is 35.7 Å². The van der Waals surface area contributed by atoms with E-state index in [-0.39, 0.29) is 23.1 Å². The van der Waals surface area contributed by atoms with Crippen molar-refractivity contribution >= 4 is 27.5 Å². The van der Waals surface area contributed by atoms with Crippen LogP contribution in [0.3, 0.4) is 0 Å². The number of rotatable bonds is 6. The molecule has 0 aliphatic rings. The zero-order valence-electron chi connectivity index (χ0n) is 13.9. The maximum Gasteiger partial charge on any atom is 0.337 e.